The molecule has 2 aromatic rings. The Morgan fingerprint density at radius 2 is 2.05 bits per heavy atom. The number of nitrogen functional groups attached to an aromatic ring is 1. The summed E-state index contributed by atoms with van der Waals surface area (Å²) in [4.78, 5) is 10.3. The summed E-state index contributed by atoms with van der Waals surface area (Å²) in [6, 6.07) is 11.9. The van der Waals surface area contributed by atoms with Crippen LogP contribution in [0.15, 0.2) is 42.5 Å². The Kier molecular flexibility index (Phi) is 3.66. The molecule has 0 saturated heterocycles. The van der Waals surface area contributed by atoms with Crippen LogP contribution in [0.25, 0.3) is 0 Å². The van der Waals surface area contributed by atoms with Crippen LogP contribution < -0.4 is 10.5 Å². The molecule has 5 heteroatoms. The molecular formula is C14H14N2O3. The highest BCUT2D eigenvalue weighted by Gasteiger charge is 2.09. The summed E-state index contributed by atoms with van der Waals surface area (Å²) in [5.41, 5.74) is 8.14. The van der Waals surface area contributed by atoms with Crippen LogP contribution in [0, 0.1) is 17.0 Å². The molecular weight excluding hydrogens is 244 g/mol. The van der Waals surface area contributed by atoms with Gasteiger partial charge in [0.1, 0.15) is 12.4 Å². The zero-order valence-corrected chi connectivity index (χ0v) is 10.5. The number of hydrogen-bond acceptors (Lipinski definition) is 4. The Labute approximate surface area is 110 Å². The Morgan fingerprint density at radius 3 is 2.74 bits per heavy atom. The molecule has 19 heavy (non-hydrogen) atoms. The van der Waals surface area contributed by atoms with E-state index in [0.29, 0.717) is 18.0 Å². The van der Waals surface area contributed by atoms with Gasteiger partial charge in [-0.3, -0.25) is 10.1 Å². The van der Waals surface area contributed by atoms with Crippen LogP contribution in [0.3, 0.4) is 0 Å². The first-order chi connectivity index (χ1) is 9.06. The fourth-order valence-electron chi connectivity index (χ4n) is 1.70. The van der Waals surface area contributed by atoms with Crippen LogP contribution in [-0.4, -0.2) is 4.92 Å². The average molecular weight is 258 g/mol. The summed E-state index contributed by atoms with van der Waals surface area (Å²) in [6.07, 6.45) is 0. The molecule has 0 amide bonds. The Balaban J connectivity index is 2.15. The van der Waals surface area contributed by atoms with Gasteiger partial charge >= 0.3 is 0 Å². The molecule has 0 aromatic heterocycles. The molecule has 0 spiro atoms. The maximum atomic E-state index is 10.7. The predicted molar refractivity (Wildman–Crippen MR) is 73.0 cm³/mol. The third-order valence-electron chi connectivity index (χ3n) is 2.73. The number of aryl methyl sites for hydroxylation is 1. The van der Waals surface area contributed by atoms with Gasteiger partial charge in [-0.2, -0.15) is 0 Å². The minimum atomic E-state index is -0.438. The van der Waals surface area contributed by atoms with E-state index in [1.165, 1.54) is 12.1 Å². The Bertz CT molecular complexity index is 611. The molecule has 0 radical (unpaired) electrons. The summed E-state index contributed by atoms with van der Waals surface area (Å²) in [5, 5.41) is 10.7. The van der Waals surface area contributed by atoms with Gasteiger partial charge in [-0.1, -0.05) is 12.1 Å². The standard InChI is InChI=1S/C14H14N2O3/c1-10-5-6-13(16(17)18)8-14(10)19-9-11-3-2-4-12(15)7-11/h2-8H,9,15H2,1H3. The van der Waals surface area contributed by atoms with Gasteiger partial charge in [-0.05, 0) is 36.2 Å². The molecule has 98 valence electrons. The van der Waals surface area contributed by atoms with Gasteiger partial charge in [0, 0.05) is 11.8 Å². The van der Waals surface area contributed by atoms with Gasteiger partial charge in [0.05, 0.1) is 11.0 Å². The number of nitrogens with two attached hydrogens (primary N) is 1. The van der Waals surface area contributed by atoms with Crippen molar-refractivity contribution in [2.45, 2.75) is 13.5 Å². The van der Waals surface area contributed by atoms with Crippen molar-refractivity contribution in [3.8, 4) is 5.75 Å². The van der Waals surface area contributed by atoms with Crippen molar-refractivity contribution in [3.63, 3.8) is 0 Å². The quantitative estimate of drug-likeness (QED) is 0.519. The second-order valence-electron chi connectivity index (χ2n) is 4.24. The molecule has 0 heterocycles. The zero-order chi connectivity index (χ0) is 13.8. The fraction of sp³-hybridized carbons (Fsp3) is 0.143. The lowest BCUT2D eigenvalue weighted by Gasteiger charge is -2.09. The Morgan fingerprint density at radius 1 is 1.26 bits per heavy atom. The number of anilines is 1. The third-order valence-corrected chi connectivity index (χ3v) is 2.73. The first-order valence-corrected chi connectivity index (χ1v) is 5.78. The van der Waals surface area contributed by atoms with Gasteiger partial charge in [0.2, 0.25) is 0 Å². The van der Waals surface area contributed by atoms with Crippen molar-refractivity contribution in [2.75, 3.05) is 5.73 Å². The van der Waals surface area contributed by atoms with Gasteiger partial charge in [-0.15, -0.1) is 0 Å². The van der Waals surface area contributed by atoms with Crippen molar-refractivity contribution < 1.29 is 9.66 Å². The van der Waals surface area contributed by atoms with E-state index in [-0.39, 0.29) is 5.69 Å². The molecule has 0 unspecified atom stereocenters. The monoisotopic (exact) mass is 258 g/mol. The van der Waals surface area contributed by atoms with E-state index < -0.39 is 4.92 Å². The second-order valence-corrected chi connectivity index (χ2v) is 4.24. The van der Waals surface area contributed by atoms with E-state index in [4.69, 9.17) is 10.5 Å². The van der Waals surface area contributed by atoms with Crippen LogP contribution in [0.4, 0.5) is 11.4 Å². The summed E-state index contributed by atoms with van der Waals surface area (Å²) in [5.74, 6) is 0.511. The highest BCUT2D eigenvalue weighted by molar-refractivity contribution is 5.44. The van der Waals surface area contributed by atoms with E-state index >= 15 is 0 Å². The number of benzene rings is 2. The third kappa shape index (κ3) is 3.22. The average Bonchev–Trinajstić information content (AvgIpc) is 2.37. The van der Waals surface area contributed by atoms with E-state index in [9.17, 15) is 10.1 Å². The van der Waals surface area contributed by atoms with Crippen molar-refractivity contribution >= 4 is 11.4 Å². The van der Waals surface area contributed by atoms with Gasteiger partial charge in [0.25, 0.3) is 5.69 Å². The maximum Gasteiger partial charge on any atom is 0.273 e. The largest absolute Gasteiger partial charge is 0.488 e. The number of nitro groups is 1. The lowest BCUT2D eigenvalue weighted by atomic mass is 10.2. The van der Waals surface area contributed by atoms with Crippen LogP contribution in [0.2, 0.25) is 0 Å². The highest BCUT2D eigenvalue weighted by atomic mass is 16.6. The molecule has 0 aliphatic heterocycles. The normalized spacial score (nSPS) is 10.2. The lowest BCUT2D eigenvalue weighted by molar-refractivity contribution is -0.385. The van der Waals surface area contributed by atoms with Gasteiger partial charge < -0.3 is 10.5 Å². The minimum absolute atomic E-state index is 0.0215. The summed E-state index contributed by atoms with van der Waals surface area (Å²) in [7, 11) is 0. The number of nitrogens with zero attached hydrogens (tertiary/aromatic N) is 1. The molecule has 0 atom stereocenters. The van der Waals surface area contributed by atoms with Gasteiger partial charge in [0.15, 0.2) is 0 Å². The number of ether oxygens (including phenoxy) is 1. The fourth-order valence-corrected chi connectivity index (χ4v) is 1.70. The zero-order valence-electron chi connectivity index (χ0n) is 10.5. The molecule has 2 N–H and O–H groups in total. The summed E-state index contributed by atoms with van der Waals surface area (Å²) >= 11 is 0. The molecule has 5 nitrogen and oxygen atoms in total. The van der Waals surface area contributed by atoms with E-state index in [1.54, 1.807) is 12.1 Å². The second kappa shape index (κ2) is 5.39. The topological polar surface area (TPSA) is 78.4 Å². The number of nitro benzene ring substituents is 1. The molecule has 2 aromatic carbocycles. The minimum Gasteiger partial charge on any atom is -0.488 e. The molecule has 0 saturated carbocycles. The SMILES string of the molecule is Cc1ccc([N+](=O)[O-])cc1OCc1cccc(N)c1. The van der Waals surface area contributed by atoms with E-state index in [1.807, 2.05) is 25.1 Å². The first kappa shape index (κ1) is 12.9. The summed E-state index contributed by atoms with van der Waals surface area (Å²) < 4.78 is 5.61. The van der Waals surface area contributed by atoms with Crippen LogP contribution in [0.1, 0.15) is 11.1 Å². The number of hydrogen-bond donors (Lipinski definition) is 1. The number of rotatable bonds is 4. The molecule has 0 fully saturated rings. The van der Waals surface area contributed by atoms with Gasteiger partial charge in [-0.25, -0.2) is 0 Å². The Hall–Kier alpha value is -2.56. The maximum absolute atomic E-state index is 10.7. The van der Waals surface area contributed by atoms with Crippen LogP contribution in [0.5, 0.6) is 5.75 Å². The van der Waals surface area contributed by atoms with E-state index in [0.717, 1.165) is 11.1 Å². The lowest BCUT2D eigenvalue weighted by Crippen LogP contribution is -1.99. The molecule has 0 aliphatic rings. The molecule has 2 rings (SSSR count). The predicted octanol–water partition coefficient (Wildman–Crippen LogP) is 3.06. The smallest absolute Gasteiger partial charge is 0.273 e. The van der Waals surface area contributed by atoms with E-state index in [2.05, 4.69) is 0 Å². The summed E-state index contributed by atoms with van der Waals surface area (Å²) in [6.45, 7) is 2.17. The molecule has 0 bridgehead atoms. The van der Waals surface area contributed by atoms with Crippen molar-refractivity contribution in [2.24, 2.45) is 0 Å². The van der Waals surface area contributed by atoms with Crippen molar-refractivity contribution in [1.29, 1.82) is 0 Å². The van der Waals surface area contributed by atoms with Crippen LogP contribution >= 0.6 is 0 Å². The highest BCUT2D eigenvalue weighted by Crippen LogP contribution is 2.25. The number of non-ortho nitro benzene ring substituents is 1. The van der Waals surface area contributed by atoms with Crippen molar-refractivity contribution in [3.05, 3.63) is 63.7 Å². The van der Waals surface area contributed by atoms with Crippen LogP contribution in [-0.2, 0) is 6.61 Å². The van der Waals surface area contributed by atoms with Crippen molar-refractivity contribution in [1.82, 2.24) is 0 Å². The first-order valence-electron chi connectivity index (χ1n) is 5.78. The molecule has 0 aliphatic carbocycles.